The molecular weight excluding hydrogens is 310 g/mol. The SMILES string of the molecule is Cc1noc(C)c1[C@@H](C)NC(=O)Nc1cnn(-c2ncccn2)c1. The van der Waals surface area contributed by atoms with E-state index < -0.39 is 0 Å². The highest BCUT2D eigenvalue weighted by molar-refractivity contribution is 5.89. The molecule has 0 saturated carbocycles. The van der Waals surface area contributed by atoms with E-state index in [4.69, 9.17) is 4.52 Å². The minimum absolute atomic E-state index is 0.233. The molecule has 2 N–H and O–H groups in total. The fourth-order valence-electron chi connectivity index (χ4n) is 2.45. The van der Waals surface area contributed by atoms with E-state index in [0.717, 1.165) is 11.3 Å². The Kier molecular flexibility index (Phi) is 4.23. The van der Waals surface area contributed by atoms with E-state index >= 15 is 0 Å². The summed E-state index contributed by atoms with van der Waals surface area (Å²) in [5, 5.41) is 13.6. The van der Waals surface area contributed by atoms with Crippen molar-refractivity contribution in [2.45, 2.75) is 26.8 Å². The van der Waals surface area contributed by atoms with Gasteiger partial charge in [0.1, 0.15) is 5.76 Å². The predicted octanol–water partition coefficient (Wildman–Crippen LogP) is 2.15. The normalized spacial score (nSPS) is 12.0. The minimum Gasteiger partial charge on any atom is -0.361 e. The lowest BCUT2D eigenvalue weighted by atomic mass is 10.1. The first-order chi connectivity index (χ1) is 11.5. The topological polar surface area (TPSA) is 111 Å². The van der Waals surface area contributed by atoms with Gasteiger partial charge in [0, 0.05) is 18.0 Å². The van der Waals surface area contributed by atoms with Crippen molar-refractivity contribution in [2.75, 3.05) is 5.32 Å². The summed E-state index contributed by atoms with van der Waals surface area (Å²) in [4.78, 5) is 20.3. The Bertz CT molecular complexity index is 821. The molecule has 124 valence electrons. The van der Waals surface area contributed by atoms with Crippen molar-refractivity contribution < 1.29 is 9.32 Å². The number of anilines is 1. The molecule has 9 heteroatoms. The summed E-state index contributed by atoms with van der Waals surface area (Å²) in [6.45, 7) is 5.52. The van der Waals surface area contributed by atoms with Crippen LogP contribution in [0, 0.1) is 13.8 Å². The molecule has 3 aromatic heterocycles. The summed E-state index contributed by atoms with van der Waals surface area (Å²) < 4.78 is 6.60. The Hall–Kier alpha value is -3.23. The van der Waals surface area contributed by atoms with Crippen LogP contribution >= 0.6 is 0 Å². The average molecular weight is 327 g/mol. The fourth-order valence-corrected chi connectivity index (χ4v) is 2.45. The van der Waals surface area contributed by atoms with Gasteiger partial charge < -0.3 is 15.2 Å². The van der Waals surface area contributed by atoms with Crippen LogP contribution in [0.3, 0.4) is 0 Å². The fraction of sp³-hybridized carbons (Fsp3) is 0.267. The average Bonchev–Trinajstić information content (AvgIpc) is 3.15. The third-order valence-corrected chi connectivity index (χ3v) is 3.47. The molecule has 0 aliphatic carbocycles. The van der Waals surface area contributed by atoms with Crippen LogP contribution in [0.15, 0.2) is 35.4 Å². The molecule has 3 rings (SSSR count). The lowest BCUT2D eigenvalue weighted by Gasteiger charge is -2.13. The van der Waals surface area contributed by atoms with Crippen molar-refractivity contribution in [3.8, 4) is 5.95 Å². The number of urea groups is 1. The van der Waals surface area contributed by atoms with Gasteiger partial charge >= 0.3 is 6.03 Å². The Morgan fingerprint density at radius 2 is 2.04 bits per heavy atom. The molecule has 0 aromatic carbocycles. The van der Waals surface area contributed by atoms with Crippen molar-refractivity contribution in [2.24, 2.45) is 0 Å². The second kappa shape index (κ2) is 6.49. The van der Waals surface area contributed by atoms with Gasteiger partial charge in [-0.15, -0.1) is 0 Å². The molecule has 0 aliphatic heterocycles. The molecule has 0 fully saturated rings. The number of nitrogens with zero attached hydrogens (tertiary/aromatic N) is 5. The molecule has 2 amide bonds. The first kappa shape index (κ1) is 15.7. The second-order valence-corrected chi connectivity index (χ2v) is 5.28. The van der Waals surface area contributed by atoms with E-state index in [2.05, 4.69) is 30.9 Å². The number of carbonyl (C=O) groups excluding carboxylic acids is 1. The number of aromatic nitrogens is 5. The summed E-state index contributed by atoms with van der Waals surface area (Å²) >= 11 is 0. The third kappa shape index (κ3) is 3.24. The zero-order valence-electron chi connectivity index (χ0n) is 13.5. The van der Waals surface area contributed by atoms with E-state index in [1.165, 1.54) is 10.9 Å². The molecular formula is C15H17N7O2. The van der Waals surface area contributed by atoms with Crippen molar-refractivity contribution in [3.63, 3.8) is 0 Å². The van der Waals surface area contributed by atoms with Crippen molar-refractivity contribution in [1.82, 2.24) is 30.2 Å². The van der Waals surface area contributed by atoms with E-state index in [-0.39, 0.29) is 12.1 Å². The molecule has 0 spiro atoms. The van der Waals surface area contributed by atoms with E-state index in [1.807, 2.05) is 20.8 Å². The van der Waals surface area contributed by atoms with Crippen LogP contribution in [0.25, 0.3) is 5.95 Å². The van der Waals surface area contributed by atoms with Crippen LogP contribution in [0.4, 0.5) is 10.5 Å². The molecule has 3 aromatic rings. The molecule has 9 nitrogen and oxygen atoms in total. The van der Waals surface area contributed by atoms with Gasteiger partial charge in [0.15, 0.2) is 0 Å². The maximum atomic E-state index is 12.1. The Morgan fingerprint density at radius 1 is 1.29 bits per heavy atom. The summed E-state index contributed by atoms with van der Waals surface area (Å²) in [5.74, 6) is 1.12. The number of amides is 2. The quantitative estimate of drug-likeness (QED) is 0.759. The largest absolute Gasteiger partial charge is 0.361 e. The van der Waals surface area contributed by atoms with Gasteiger partial charge in [-0.05, 0) is 26.8 Å². The molecule has 0 radical (unpaired) electrons. The van der Waals surface area contributed by atoms with Gasteiger partial charge in [-0.25, -0.2) is 19.4 Å². The summed E-state index contributed by atoms with van der Waals surface area (Å²) in [6.07, 6.45) is 6.40. The Balaban J connectivity index is 1.64. The number of hydrogen-bond donors (Lipinski definition) is 2. The van der Waals surface area contributed by atoms with Gasteiger partial charge in [-0.1, -0.05) is 5.16 Å². The molecule has 0 saturated heterocycles. The monoisotopic (exact) mass is 327 g/mol. The van der Waals surface area contributed by atoms with Crippen LogP contribution < -0.4 is 10.6 Å². The van der Waals surface area contributed by atoms with E-state index in [9.17, 15) is 4.79 Å². The van der Waals surface area contributed by atoms with Crippen LogP contribution in [0.5, 0.6) is 0 Å². The first-order valence-electron chi connectivity index (χ1n) is 7.37. The second-order valence-electron chi connectivity index (χ2n) is 5.28. The van der Waals surface area contributed by atoms with Gasteiger partial charge in [0.25, 0.3) is 0 Å². The Morgan fingerprint density at radius 3 is 2.71 bits per heavy atom. The van der Waals surface area contributed by atoms with Crippen molar-refractivity contribution in [1.29, 1.82) is 0 Å². The maximum Gasteiger partial charge on any atom is 0.319 e. The van der Waals surface area contributed by atoms with Gasteiger partial charge in [-0.3, -0.25) is 0 Å². The highest BCUT2D eigenvalue weighted by Gasteiger charge is 2.18. The predicted molar refractivity (Wildman–Crippen MR) is 85.7 cm³/mol. The summed E-state index contributed by atoms with van der Waals surface area (Å²) in [7, 11) is 0. The summed E-state index contributed by atoms with van der Waals surface area (Å²) in [5.41, 5.74) is 2.17. The van der Waals surface area contributed by atoms with Crippen molar-refractivity contribution in [3.05, 3.63) is 47.9 Å². The first-order valence-corrected chi connectivity index (χ1v) is 7.37. The van der Waals surface area contributed by atoms with Crippen LogP contribution in [-0.4, -0.2) is 30.9 Å². The molecule has 0 bridgehead atoms. The number of aryl methyl sites for hydroxylation is 2. The lowest BCUT2D eigenvalue weighted by Crippen LogP contribution is -2.31. The standard InChI is InChI=1S/C15H17N7O2/c1-9(13-10(2)21-24-11(13)3)19-15(23)20-12-7-18-22(8-12)14-16-5-4-6-17-14/h4-9H,1-3H3,(H2,19,20,23)/t9-/m1/s1. The van der Waals surface area contributed by atoms with Gasteiger partial charge in [0.05, 0.1) is 29.8 Å². The molecule has 24 heavy (non-hydrogen) atoms. The van der Waals surface area contributed by atoms with Gasteiger partial charge in [0.2, 0.25) is 5.95 Å². The third-order valence-electron chi connectivity index (χ3n) is 3.47. The van der Waals surface area contributed by atoms with Crippen LogP contribution in [-0.2, 0) is 0 Å². The summed E-state index contributed by atoms with van der Waals surface area (Å²) in [6, 6.07) is 1.13. The minimum atomic E-state index is -0.351. The molecule has 0 unspecified atom stereocenters. The number of carbonyl (C=O) groups is 1. The molecule has 0 aliphatic rings. The zero-order valence-corrected chi connectivity index (χ0v) is 13.5. The number of nitrogens with one attached hydrogen (secondary N) is 2. The number of hydrogen-bond acceptors (Lipinski definition) is 6. The van der Waals surface area contributed by atoms with Crippen LogP contribution in [0.2, 0.25) is 0 Å². The molecule has 1 atom stereocenters. The Labute approximate surface area is 138 Å². The smallest absolute Gasteiger partial charge is 0.319 e. The number of rotatable bonds is 4. The maximum absolute atomic E-state index is 12.1. The highest BCUT2D eigenvalue weighted by atomic mass is 16.5. The lowest BCUT2D eigenvalue weighted by molar-refractivity contribution is 0.249. The molecule has 3 heterocycles. The zero-order chi connectivity index (χ0) is 17.1. The van der Waals surface area contributed by atoms with Crippen LogP contribution in [0.1, 0.15) is 30.0 Å². The van der Waals surface area contributed by atoms with E-state index in [0.29, 0.717) is 17.4 Å². The van der Waals surface area contributed by atoms with Gasteiger partial charge in [-0.2, -0.15) is 5.10 Å². The van der Waals surface area contributed by atoms with E-state index in [1.54, 1.807) is 24.7 Å². The highest BCUT2D eigenvalue weighted by Crippen LogP contribution is 2.21. The van der Waals surface area contributed by atoms with Crippen molar-refractivity contribution >= 4 is 11.7 Å².